The van der Waals surface area contributed by atoms with Crippen molar-refractivity contribution >= 4 is 5.91 Å². The lowest BCUT2D eigenvalue weighted by atomic mass is 9.82. The first-order valence-electron chi connectivity index (χ1n) is 5.79. The van der Waals surface area contributed by atoms with Gasteiger partial charge in [0.05, 0.1) is 6.54 Å². The van der Waals surface area contributed by atoms with Crippen molar-refractivity contribution in [2.24, 2.45) is 5.41 Å². The molecular weight excluding hydrogens is 200 g/mol. The quantitative estimate of drug-likeness (QED) is 0.538. The zero-order valence-electron chi connectivity index (χ0n) is 11.3. The predicted octanol–water partition coefficient (Wildman–Crippen LogP) is 2.09. The molecule has 0 radical (unpaired) electrons. The molecule has 3 heteroatoms. The van der Waals surface area contributed by atoms with Crippen molar-refractivity contribution in [1.82, 2.24) is 10.6 Å². The summed E-state index contributed by atoms with van der Waals surface area (Å²) in [5.41, 5.74) is 0.0521. The fourth-order valence-electron chi connectivity index (χ4n) is 2.08. The minimum atomic E-state index is -0.162. The molecule has 0 fully saturated rings. The summed E-state index contributed by atoms with van der Waals surface area (Å²) < 4.78 is 0. The van der Waals surface area contributed by atoms with E-state index in [2.05, 4.69) is 51.8 Å². The SMILES string of the molecule is C=CCNCC(=O)NC(C)(C)CC(C)(C)C. The van der Waals surface area contributed by atoms with Crippen LogP contribution in [0.1, 0.15) is 41.0 Å². The Hall–Kier alpha value is -0.830. The van der Waals surface area contributed by atoms with E-state index < -0.39 is 0 Å². The fourth-order valence-corrected chi connectivity index (χ4v) is 2.08. The minimum absolute atomic E-state index is 0.0381. The lowest BCUT2D eigenvalue weighted by Gasteiger charge is -2.33. The molecule has 0 saturated heterocycles. The average molecular weight is 226 g/mol. The van der Waals surface area contributed by atoms with Crippen molar-refractivity contribution in [2.75, 3.05) is 13.1 Å². The van der Waals surface area contributed by atoms with E-state index in [-0.39, 0.29) is 16.9 Å². The van der Waals surface area contributed by atoms with Crippen LogP contribution in [0.2, 0.25) is 0 Å². The van der Waals surface area contributed by atoms with Crippen molar-refractivity contribution in [2.45, 2.75) is 46.6 Å². The molecule has 0 unspecified atom stereocenters. The van der Waals surface area contributed by atoms with E-state index in [4.69, 9.17) is 0 Å². The second-order valence-electron chi connectivity index (χ2n) is 6.09. The maximum atomic E-state index is 11.6. The number of hydrogen-bond donors (Lipinski definition) is 2. The molecule has 0 aliphatic rings. The zero-order chi connectivity index (χ0) is 12.8. The van der Waals surface area contributed by atoms with Gasteiger partial charge in [0, 0.05) is 12.1 Å². The Morgan fingerprint density at radius 1 is 1.25 bits per heavy atom. The Labute approximate surface area is 99.7 Å². The van der Waals surface area contributed by atoms with E-state index in [0.29, 0.717) is 13.1 Å². The van der Waals surface area contributed by atoms with E-state index in [1.54, 1.807) is 6.08 Å². The van der Waals surface area contributed by atoms with Crippen molar-refractivity contribution < 1.29 is 4.79 Å². The van der Waals surface area contributed by atoms with Gasteiger partial charge < -0.3 is 10.6 Å². The molecule has 0 rings (SSSR count). The highest BCUT2D eigenvalue weighted by molar-refractivity contribution is 5.78. The molecule has 0 heterocycles. The van der Waals surface area contributed by atoms with Crippen LogP contribution in [0.3, 0.4) is 0 Å². The Morgan fingerprint density at radius 2 is 1.81 bits per heavy atom. The highest BCUT2D eigenvalue weighted by Gasteiger charge is 2.26. The number of rotatable bonds is 6. The first-order valence-corrected chi connectivity index (χ1v) is 5.79. The largest absolute Gasteiger partial charge is 0.350 e. The summed E-state index contributed by atoms with van der Waals surface area (Å²) in [4.78, 5) is 11.6. The molecule has 0 aliphatic carbocycles. The Balaban J connectivity index is 4.05. The molecular formula is C13H26N2O. The maximum Gasteiger partial charge on any atom is 0.234 e. The molecule has 0 atom stereocenters. The van der Waals surface area contributed by atoms with E-state index in [1.807, 2.05) is 0 Å². The van der Waals surface area contributed by atoms with Gasteiger partial charge in [-0.15, -0.1) is 6.58 Å². The molecule has 1 amide bonds. The zero-order valence-corrected chi connectivity index (χ0v) is 11.3. The van der Waals surface area contributed by atoms with Gasteiger partial charge in [0.1, 0.15) is 0 Å². The van der Waals surface area contributed by atoms with Gasteiger partial charge in [-0.25, -0.2) is 0 Å². The summed E-state index contributed by atoms with van der Waals surface area (Å²) in [7, 11) is 0. The van der Waals surface area contributed by atoms with Crippen LogP contribution in [-0.4, -0.2) is 24.5 Å². The number of amides is 1. The van der Waals surface area contributed by atoms with Crippen LogP contribution >= 0.6 is 0 Å². The van der Waals surface area contributed by atoms with E-state index in [1.165, 1.54) is 0 Å². The van der Waals surface area contributed by atoms with Crippen LogP contribution in [0.25, 0.3) is 0 Å². The van der Waals surface area contributed by atoms with Gasteiger partial charge in [-0.05, 0) is 25.7 Å². The van der Waals surface area contributed by atoms with Gasteiger partial charge in [0.15, 0.2) is 0 Å². The third kappa shape index (κ3) is 8.48. The lowest BCUT2D eigenvalue weighted by molar-refractivity contribution is -0.122. The van der Waals surface area contributed by atoms with Crippen LogP contribution < -0.4 is 10.6 Å². The van der Waals surface area contributed by atoms with Gasteiger partial charge in [-0.1, -0.05) is 26.8 Å². The summed E-state index contributed by atoms with van der Waals surface area (Å²) in [6.07, 6.45) is 2.70. The normalized spacial score (nSPS) is 12.3. The van der Waals surface area contributed by atoms with Gasteiger partial charge in [-0.3, -0.25) is 4.79 Å². The topological polar surface area (TPSA) is 41.1 Å². The minimum Gasteiger partial charge on any atom is -0.350 e. The highest BCUT2D eigenvalue weighted by atomic mass is 16.2. The standard InChI is InChI=1S/C13H26N2O/c1-7-8-14-9-11(16)15-13(5,6)10-12(2,3)4/h7,14H,1,8-10H2,2-6H3,(H,15,16). The molecule has 16 heavy (non-hydrogen) atoms. The molecule has 0 aliphatic heterocycles. The molecule has 0 aromatic heterocycles. The average Bonchev–Trinajstić information content (AvgIpc) is 1.98. The van der Waals surface area contributed by atoms with Crippen LogP contribution in [0.5, 0.6) is 0 Å². The summed E-state index contributed by atoms with van der Waals surface area (Å²) >= 11 is 0. The number of carbonyl (C=O) groups is 1. The Kier molecular flexibility index (Phi) is 5.73. The van der Waals surface area contributed by atoms with Crippen molar-refractivity contribution in [1.29, 1.82) is 0 Å². The van der Waals surface area contributed by atoms with Crippen molar-refractivity contribution in [3.63, 3.8) is 0 Å². The van der Waals surface area contributed by atoms with Gasteiger partial charge in [0.25, 0.3) is 0 Å². The maximum absolute atomic E-state index is 11.6. The van der Waals surface area contributed by atoms with Crippen LogP contribution in [-0.2, 0) is 4.79 Å². The van der Waals surface area contributed by atoms with E-state index in [0.717, 1.165) is 6.42 Å². The number of nitrogens with one attached hydrogen (secondary N) is 2. The first-order chi connectivity index (χ1) is 7.16. The Bertz CT molecular complexity index is 239. The smallest absolute Gasteiger partial charge is 0.234 e. The van der Waals surface area contributed by atoms with Crippen LogP contribution in [0.4, 0.5) is 0 Å². The summed E-state index contributed by atoms with van der Waals surface area (Å²) in [6, 6.07) is 0. The second kappa shape index (κ2) is 6.04. The molecule has 0 bridgehead atoms. The first kappa shape index (κ1) is 15.2. The molecule has 0 aromatic carbocycles. The van der Waals surface area contributed by atoms with Crippen LogP contribution in [0, 0.1) is 5.41 Å². The predicted molar refractivity (Wildman–Crippen MR) is 69.4 cm³/mol. The monoisotopic (exact) mass is 226 g/mol. The molecule has 0 aromatic rings. The third-order valence-corrected chi connectivity index (χ3v) is 2.02. The van der Waals surface area contributed by atoms with Crippen LogP contribution in [0.15, 0.2) is 12.7 Å². The van der Waals surface area contributed by atoms with Gasteiger partial charge in [-0.2, -0.15) is 0 Å². The summed E-state index contributed by atoms with van der Waals surface area (Å²) in [5.74, 6) is 0.0381. The molecule has 3 nitrogen and oxygen atoms in total. The molecule has 94 valence electrons. The fraction of sp³-hybridized carbons (Fsp3) is 0.769. The Morgan fingerprint density at radius 3 is 2.25 bits per heavy atom. The third-order valence-electron chi connectivity index (χ3n) is 2.02. The second-order valence-corrected chi connectivity index (χ2v) is 6.09. The number of hydrogen-bond acceptors (Lipinski definition) is 2. The van der Waals surface area contributed by atoms with E-state index >= 15 is 0 Å². The van der Waals surface area contributed by atoms with Crippen molar-refractivity contribution in [3.05, 3.63) is 12.7 Å². The van der Waals surface area contributed by atoms with Gasteiger partial charge in [0.2, 0.25) is 5.91 Å². The number of carbonyl (C=O) groups excluding carboxylic acids is 1. The molecule has 0 spiro atoms. The summed E-state index contributed by atoms with van der Waals surface area (Å²) in [5, 5.41) is 6.03. The summed E-state index contributed by atoms with van der Waals surface area (Å²) in [6.45, 7) is 15.2. The molecule has 2 N–H and O–H groups in total. The van der Waals surface area contributed by atoms with Gasteiger partial charge >= 0.3 is 0 Å². The van der Waals surface area contributed by atoms with Crippen molar-refractivity contribution in [3.8, 4) is 0 Å². The van der Waals surface area contributed by atoms with E-state index in [9.17, 15) is 4.79 Å². The highest BCUT2D eigenvalue weighted by Crippen LogP contribution is 2.26. The lowest BCUT2D eigenvalue weighted by Crippen LogP contribution is -2.48. The molecule has 0 saturated carbocycles.